The number of rotatable bonds is 17. The van der Waals surface area contributed by atoms with Gasteiger partial charge in [-0.25, -0.2) is 0 Å². The third-order valence-electron chi connectivity index (χ3n) is 4.03. The third kappa shape index (κ3) is 23.6. The van der Waals surface area contributed by atoms with Crippen molar-refractivity contribution in [2.24, 2.45) is 0 Å². The second-order valence-corrected chi connectivity index (χ2v) is 6.24. The van der Waals surface area contributed by atoms with Crippen LogP contribution in [0.3, 0.4) is 0 Å². The molecule has 0 atom stereocenters. The van der Waals surface area contributed by atoms with E-state index in [1.165, 1.54) is 64.2 Å². The Balaban J connectivity index is 0. The number of halogens is 1. The van der Waals surface area contributed by atoms with Crippen molar-refractivity contribution in [2.45, 2.75) is 103 Å². The fourth-order valence-corrected chi connectivity index (χ4v) is 2.67. The number of hydrogen-bond acceptors (Lipinski definition) is 2. The Kier molecular flexibility index (Phi) is 20.5. The second kappa shape index (κ2) is 19.3. The van der Waals surface area contributed by atoms with E-state index in [0.29, 0.717) is 12.8 Å². The van der Waals surface area contributed by atoms with Gasteiger partial charge in [0.1, 0.15) is 0 Å². The quantitative estimate of drug-likeness (QED) is 0.324. The van der Waals surface area contributed by atoms with Crippen molar-refractivity contribution >= 4 is 24.3 Å². The highest BCUT2D eigenvalue weighted by Gasteiger charge is 1.98. The SMILES string of the molecule is Cl.O=C(O)CCCCCCCCCCCCCCCCC(=O)O. The first-order valence-corrected chi connectivity index (χ1v) is 9.06. The molecule has 0 fully saturated rings. The van der Waals surface area contributed by atoms with Crippen molar-refractivity contribution in [1.82, 2.24) is 0 Å². The van der Waals surface area contributed by atoms with Crippen molar-refractivity contribution in [3.8, 4) is 0 Å². The van der Waals surface area contributed by atoms with E-state index in [2.05, 4.69) is 0 Å². The molecule has 0 amide bonds. The number of carbonyl (C=O) groups is 2. The molecule has 0 spiro atoms. The molecule has 5 heteroatoms. The van der Waals surface area contributed by atoms with Gasteiger partial charge in [0, 0.05) is 12.8 Å². The average molecular weight is 351 g/mol. The zero-order chi connectivity index (χ0) is 16.5. The minimum Gasteiger partial charge on any atom is -0.481 e. The van der Waals surface area contributed by atoms with Gasteiger partial charge in [0.25, 0.3) is 0 Å². The van der Waals surface area contributed by atoms with Gasteiger partial charge in [-0.15, -0.1) is 12.4 Å². The molecule has 2 N–H and O–H groups in total. The Labute approximate surface area is 147 Å². The summed E-state index contributed by atoms with van der Waals surface area (Å²) in [7, 11) is 0. The predicted molar refractivity (Wildman–Crippen MR) is 96.4 cm³/mol. The van der Waals surface area contributed by atoms with Gasteiger partial charge in [-0.05, 0) is 12.8 Å². The Morgan fingerprint density at radius 1 is 0.435 bits per heavy atom. The normalized spacial score (nSPS) is 10.3. The molecule has 0 rings (SSSR count). The van der Waals surface area contributed by atoms with Gasteiger partial charge in [-0.1, -0.05) is 77.0 Å². The van der Waals surface area contributed by atoms with Crippen LogP contribution < -0.4 is 0 Å². The summed E-state index contributed by atoms with van der Waals surface area (Å²) in [5, 5.41) is 17.0. The fraction of sp³-hybridized carbons (Fsp3) is 0.889. The number of unbranched alkanes of at least 4 members (excludes halogenated alkanes) is 13. The summed E-state index contributed by atoms with van der Waals surface area (Å²) >= 11 is 0. The topological polar surface area (TPSA) is 74.6 Å². The lowest BCUT2D eigenvalue weighted by Crippen LogP contribution is -1.93. The molecule has 0 aliphatic heterocycles. The Morgan fingerprint density at radius 2 is 0.609 bits per heavy atom. The molecule has 0 aromatic carbocycles. The molecule has 0 aromatic rings. The number of aliphatic carboxylic acids is 2. The van der Waals surface area contributed by atoms with E-state index in [1.54, 1.807) is 0 Å². The minimum atomic E-state index is -0.679. The van der Waals surface area contributed by atoms with Crippen LogP contribution in [0.2, 0.25) is 0 Å². The van der Waals surface area contributed by atoms with Crippen molar-refractivity contribution in [2.75, 3.05) is 0 Å². The smallest absolute Gasteiger partial charge is 0.303 e. The first-order valence-electron chi connectivity index (χ1n) is 9.06. The monoisotopic (exact) mass is 350 g/mol. The Morgan fingerprint density at radius 3 is 0.783 bits per heavy atom. The third-order valence-corrected chi connectivity index (χ3v) is 4.03. The molecular formula is C18H35ClO4. The summed E-state index contributed by atoms with van der Waals surface area (Å²) in [6.07, 6.45) is 17.0. The van der Waals surface area contributed by atoms with Gasteiger partial charge < -0.3 is 10.2 Å². The maximum absolute atomic E-state index is 10.3. The molecule has 0 bridgehead atoms. The summed E-state index contributed by atoms with van der Waals surface area (Å²) in [6.45, 7) is 0. The van der Waals surface area contributed by atoms with E-state index in [-0.39, 0.29) is 12.4 Å². The van der Waals surface area contributed by atoms with Crippen LogP contribution in [-0.4, -0.2) is 22.2 Å². The second-order valence-electron chi connectivity index (χ2n) is 6.24. The maximum atomic E-state index is 10.3. The van der Waals surface area contributed by atoms with Gasteiger partial charge >= 0.3 is 11.9 Å². The van der Waals surface area contributed by atoms with Crippen molar-refractivity contribution in [1.29, 1.82) is 0 Å². The molecule has 0 aliphatic carbocycles. The molecule has 0 saturated carbocycles. The van der Waals surface area contributed by atoms with Crippen LogP contribution in [0.15, 0.2) is 0 Å². The zero-order valence-corrected chi connectivity index (χ0v) is 15.2. The number of carboxylic acids is 2. The van der Waals surface area contributed by atoms with Crippen LogP contribution in [0.4, 0.5) is 0 Å². The van der Waals surface area contributed by atoms with Gasteiger partial charge in [0.05, 0.1) is 0 Å². The highest BCUT2D eigenvalue weighted by atomic mass is 35.5. The molecule has 0 unspecified atom stereocenters. The van der Waals surface area contributed by atoms with Gasteiger partial charge in [0.2, 0.25) is 0 Å². The van der Waals surface area contributed by atoms with Crippen LogP contribution in [0.5, 0.6) is 0 Å². The van der Waals surface area contributed by atoms with E-state index >= 15 is 0 Å². The molecule has 0 aliphatic rings. The predicted octanol–water partition coefficient (Wildman–Crippen LogP) is 5.82. The van der Waals surface area contributed by atoms with E-state index < -0.39 is 11.9 Å². The standard InChI is InChI=1S/C18H34O4.ClH/c19-17(20)15-13-11-9-7-5-3-1-2-4-6-8-10-12-14-16-18(21)22;/h1-16H2,(H,19,20)(H,21,22);1H. The van der Waals surface area contributed by atoms with E-state index in [9.17, 15) is 9.59 Å². The summed E-state index contributed by atoms with van der Waals surface area (Å²) in [6, 6.07) is 0. The number of carboxylic acid groups (broad SMARTS) is 2. The van der Waals surface area contributed by atoms with Crippen LogP contribution in [0.1, 0.15) is 103 Å². The van der Waals surface area contributed by atoms with Gasteiger partial charge in [-0.3, -0.25) is 9.59 Å². The molecule has 0 saturated heterocycles. The summed E-state index contributed by atoms with van der Waals surface area (Å²) in [5.74, 6) is -1.36. The van der Waals surface area contributed by atoms with Crippen LogP contribution in [-0.2, 0) is 9.59 Å². The van der Waals surface area contributed by atoms with Crippen LogP contribution in [0, 0.1) is 0 Å². The van der Waals surface area contributed by atoms with Crippen molar-refractivity contribution in [3.05, 3.63) is 0 Å². The molecule has 138 valence electrons. The number of hydrogen-bond donors (Lipinski definition) is 2. The van der Waals surface area contributed by atoms with E-state index in [0.717, 1.165) is 25.7 Å². The lowest BCUT2D eigenvalue weighted by molar-refractivity contribution is -0.138. The minimum absolute atomic E-state index is 0. The van der Waals surface area contributed by atoms with E-state index in [1.807, 2.05) is 0 Å². The maximum Gasteiger partial charge on any atom is 0.303 e. The van der Waals surface area contributed by atoms with E-state index in [4.69, 9.17) is 10.2 Å². The van der Waals surface area contributed by atoms with Gasteiger partial charge in [-0.2, -0.15) is 0 Å². The highest BCUT2D eigenvalue weighted by molar-refractivity contribution is 5.85. The largest absolute Gasteiger partial charge is 0.481 e. The van der Waals surface area contributed by atoms with Crippen LogP contribution in [0.25, 0.3) is 0 Å². The van der Waals surface area contributed by atoms with Crippen molar-refractivity contribution < 1.29 is 19.8 Å². The summed E-state index contributed by atoms with van der Waals surface area (Å²) in [5.41, 5.74) is 0. The molecular weight excluding hydrogens is 316 g/mol. The molecule has 0 radical (unpaired) electrons. The Bertz CT molecular complexity index is 254. The summed E-state index contributed by atoms with van der Waals surface area (Å²) in [4.78, 5) is 20.7. The fourth-order valence-electron chi connectivity index (χ4n) is 2.67. The first-order chi connectivity index (χ1) is 10.6. The molecule has 4 nitrogen and oxygen atoms in total. The summed E-state index contributed by atoms with van der Waals surface area (Å²) < 4.78 is 0. The highest BCUT2D eigenvalue weighted by Crippen LogP contribution is 2.13. The van der Waals surface area contributed by atoms with Crippen LogP contribution >= 0.6 is 12.4 Å². The molecule has 0 aromatic heterocycles. The molecule has 0 heterocycles. The lowest BCUT2D eigenvalue weighted by Gasteiger charge is -2.03. The lowest BCUT2D eigenvalue weighted by atomic mass is 10.0. The van der Waals surface area contributed by atoms with Crippen molar-refractivity contribution in [3.63, 3.8) is 0 Å². The van der Waals surface area contributed by atoms with Gasteiger partial charge in [0.15, 0.2) is 0 Å². The first kappa shape index (κ1) is 24.5. The Hall–Kier alpha value is -0.770. The molecule has 23 heavy (non-hydrogen) atoms. The average Bonchev–Trinajstić information content (AvgIpc) is 2.46. The zero-order valence-electron chi connectivity index (χ0n) is 14.4.